The minimum atomic E-state index is -0.393. The van der Waals surface area contributed by atoms with Gasteiger partial charge in [0.15, 0.2) is 0 Å². The van der Waals surface area contributed by atoms with E-state index in [-0.39, 0.29) is 32.7 Å². The first kappa shape index (κ1) is 12.1. The molecule has 0 N–H and O–H groups in total. The molecular formula is C10H11SiY. The smallest absolute Gasteiger partial charge is 0.128 e. The van der Waals surface area contributed by atoms with Crippen LogP contribution in [0.25, 0.3) is 0 Å². The molecule has 0 nitrogen and oxygen atoms in total. The van der Waals surface area contributed by atoms with Crippen molar-refractivity contribution in [2.45, 2.75) is 13.1 Å². The Bertz CT molecular complexity index is 269. The predicted molar refractivity (Wildman–Crippen MR) is 50.8 cm³/mol. The molecule has 0 spiro atoms. The summed E-state index contributed by atoms with van der Waals surface area (Å²) in [5.41, 5.74) is 4.34. The molecule has 0 atom stereocenters. The molecule has 0 heterocycles. The Labute approximate surface area is 101 Å². The normalized spacial score (nSPS) is 8.25. The molecule has 0 unspecified atom stereocenters. The van der Waals surface area contributed by atoms with Gasteiger partial charge in [-0.3, -0.25) is 0 Å². The monoisotopic (exact) mass is 248 g/mol. The van der Waals surface area contributed by atoms with Crippen molar-refractivity contribution in [3.05, 3.63) is 35.9 Å². The van der Waals surface area contributed by atoms with Crippen molar-refractivity contribution in [2.75, 3.05) is 0 Å². The second-order valence-electron chi connectivity index (χ2n) is 2.62. The van der Waals surface area contributed by atoms with Crippen LogP contribution in [0.2, 0.25) is 13.1 Å². The molecule has 2 radical (unpaired) electrons. The zero-order valence-corrected chi connectivity index (χ0v) is 11.3. The van der Waals surface area contributed by atoms with E-state index in [1.54, 1.807) is 0 Å². The van der Waals surface area contributed by atoms with E-state index in [1.165, 1.54) is 0 Å². The van der Waals surface area contributed by atoms with Gasteiger partial charge < -0.3 is 0 Å². The average molecular weight is 248 g/mol. The summed E-state index contributed by atoms with van der Waals surface area (Å²) in [6.07, 6.45) is 0. The van der Waals surface area contributed by atoms with Crippen LogP contribution >= 0.6 is 0 Å². The van der Waals surface area contributed by atoms with E-state index in [9.17, 15) is 0 Å². The summed E-state index contributed by atoms with van der Waals surface area (Å²) in [5.74, 6) is 3.14. The third-order valence-electron chi connectivity index (χ3n) is 1.23. The SMILES string of the molecule is C[Si](C)C#Cc1ccccc1.[Y]. The molecular weight excluding hydrogens is 237 g/mol. The van der Waals surface area contributed by atoms with E-state index in [2.05, 4.69) is 24.6 Å². The predicted octanol–water partition coefficient (Wildman–Crippen LogP) is 2.33. The molecule has 0 aliphatic rings. The van der Waals surface area contributed by atoms with Gasteiger partial charge in [0.1, 0.15) is 8.80 Å². The first-order chi connectivity index (χ1) is 5.29. The number of benzene rings is 1. The van der Waals surface area contributed by atoms with Gasteiger partial charge in [0.2, 0.25) is 0 Å². The Hall–Kier alpha value is 0.101. The van der Waals surface area contributed by atoms with Gasteiger partial charge in [-0.2, -0.15) is 0 Å². The first-order valence-electron chi connectivity index (χ1n) is 3.66. The Morgan fingerprint density at radius 1 is 1.08 bits per heavy atom. The van der Waals surface area contributed by atoms with Gasteiger partial charge in [0, 0.05) is 38.3 Å². The van der Waals surface area contributed by atoms with Crippen LogP contribution in [0.1, 0.15) is 5.56 Å². The molecule has 0 bridgehead atoms. The molecule has 58 valence electrons. The standard InChI is InChI=1S/C10H11Si.Y/c1-11(2)9-8-10-6-4-3-5-7-10;/h3-7H,1-2H3;. The van der Waals surface area contributed by atoms with Crippen molar-refractivity contribution in [2.24, 2.45) is 0 Å². The fourth-order valence-corrected chi connectivity index (χ4v) is 1.11. The molecule has 0 saturated heterocycles. The fraction of sp³-hybridized carbons (Fsp3) is 0.200. The van der Waals surface area contributed by atoms with Gasteiger partial charge in [-0.05, 0) is 12.1 Å². The molecule has 0 aliphatic heterocycles. The molecule has 0 fully saturated rings. The summed E-state index contributed by atoms with van der Waals surface area (Å²) in [7, 11) is -0.393. The van der Waals surface area contributed by atoms with Crippen LogP contribution in [0.15, 0.2) is 30.3 Å². The Morgan fingerprint density at radius 3 is 2.17 bits per heavy atom. The molecule has 0 aromatic heterocycles. The molecule has 2 heteroatoms. The van der Waals surface area contributed by atoms with Crippen molar-refractivity contribution in [1.29, 1.82) is 0 Å². The van der Waals surface area contributed by atoms with Crippen LogP contribution in [0.4, 0.5) is 0 Å². The van der Waals surface area contributed by atoms with Crippen LogP contribution in [0, 0.1) is 11.5 Å². The van der Waals surface area contributed by atoms with E-state index in [0.717, 1.165) is 5.56 Å². The summed E-state index contributed by atoms with van der Waals surface area (Å²) in [6, 6.07) is 10.1. The summed E-state index contributed by atoms with van der Waals surface area (Å²) < 4.78 is 0. The van der Waals surface area contributed by atoms with E-state index in [1.807, 2.05) is 30.3 Å². The number of rotatable bonds is 0. The van der Waals surface area contributed by atoms with Gasteiger partial charge in [-0.15, -0.1) is 5.54 Å². The fourth-order valence-electron chi connectivity index (χ4n) is 0.719. The van der Waals surface area contributed by atoms with Crippen LogP contribution in [0.5, 0.6) is 0 Å². The number of hydrogen-bond donors (Lipinski definition) is 0. The van der Waals surface area contributed by atoms with Crippen molar-refractivity contribution in [1.82, 2.24) is 0 Å². The molecule has 1 aromatic carbocycles. The van der Waals surface area contributed by atoms with Crippen molar-refractivity contribution in [3.8, 4) is 11.5 Å². The van der Waals surface area contributed by atoms with Crippen LogP contribution in [-0.4, -0.2) is 8.80 Å². The van der Waals surface area contributed by atoms with Gasteiger partial charge in [-0.25, -0.2) is 0 Å². The minimum absolute atomic E-state index is 0. The summed E-state index contributed by atoms with van der Waals surface area (Å²) in [5, 5.41) is 0. The molecule has 0 aliphatic carbocycles. The summed E-state index contributed by atoms with van der Waals surface area (Å²) >= 11 is 0. The zero-order valence-electron chi connectivity index (χ0n) is 7.46. The van der Waals surface area contributed by atoms with E-state index >= 15 is 0 Å². The average Bonchev–Trinajstić information content (AvgIpc) is 2.03. The molecule has 1 rings (SSSR count). The van der Waals surface area contributed by atoms with Crippen LogP contribution in [-0.2, 0) is 32.7 Å². The van der Waals surface area contributed by atoms with Crippen molar-refractivity contribution in [3.63, 3.8) is 0 Å². The zero-order chi connectivity index (χ0) is 8.10. The van der Waals surface area contributed by atoms with Gasteiger partial charge in [0.25, 0.3) is 0 Å². The van der Waals surface area contributed by atoms with Crippen LogP contribution in [0.3, 0.4) is 0 Å². The largest absolute Gasteiger partial charge is 0.138 e. The quantitative estimate of drug-likeness (QED) is 0.488. The van der Waals surface area contributed by atoms with E-state index in [4.69, 9.17) is 0 Å². The Kier molecular flexibility index (Phi) is 6.65. The maximum absolute atomic E-state index is 3.21. The Morgan fingerprint density at radius 2 is 1.67 bits per heavy atom. The Balaban J connectivity index is 0.00000121. The van der Waals surface area contributed by atoms with Crippen molar-refractivity contribution < 1.29 is 32.7 Å². The maximum atomic E-state index is 3.21. The second kappa shape index (κ2) is 6.60. The molecule has 0 saturated carbocycles. The van der Waals surface area contributed by atoms with Crippen LogP contribution < -0.4 is 0 Å². The topological polar surface area (TPSA) is 0 Å². The van der Waals surface area contributed by atoms with Crippen molar-refractivity contribution >= 4 is 8.80 Å². The second-order valence-corrected chi connectivity index (χ2v) is 4.87. The third kappa shape index (κ3) is 4.87. The van der Waals surface area contributed by atoms with Gasteiger partial charge in [-0.1, -0.05) is 37.2 Å². The first-order valence-corrected chi connectivity index (χ1v) is 6.16. The maximum Gasteiger partial charge on any atom is 0.138 e. The van der Waals surface area contributed by atoms with E-state index in [0.29, 0.717) is 0 Å². The van der Waals surface area contributed by atoms with Gasteiger partial charge >= 0.3 is 0 Å². The minimum Gasteiger partial charge on any atom is -0.128 e. The molecule has 0 amide bonds. The third-order valence-corrected chi connectivity index (χ3v) is 1.86. The molecule has 12 heavy (non-hydrogen) atoms. The number of hydrogen-bond acceptors (Lipinski definition) is 0. The van der Waals surface area contributed by atoms with E-state index < -0.39 is 8.80 Å². The summed E-state index contributed by atoms with van der Waals surface area (Å²) in [6.45, 7) is 4.39. The molecule has 1 aromatic rings. The van der Waals surface area contributed by atoms with Gasteiger partial charge in [0.05, 0.1) is 0 Å². The summed E-state index contributed by atoms with van der Waals surface area (Å²) in [4.78, 5) is 0.